The summed E-state index contributed by atoms with van der Waals surface area (Å²) in [5.74, 6) is -0.185. The lowest BCUT2D eigenvalue weighted by Crippen LogP contribution is -2.30. The molecule has 0 saturated carbocycles. The molecule has 0 N–H and O–H groups in total. The molecule has 0 bridgehead atoms. The maximum Gasteiger partial charge on any atom is 0.256 e. The van der Waals surface area contributed by atoms with Crippen LogP contribution >= 0.6 is 0 Å². The quantitative estimate of drug-likeness (QED) is 0.569. The molecule has 3 aromatic carbocycles. The van der Waals surface area contributed by atoms with Gasteiger partial charge in [0.25, 0.3) is 5.91 Å². The van der Waals surface area contributed by atoms with Crippen LogP contribution in [-0.2, 0) is 16.6 Å². The number of hydrogen-bond donors (Lipinski definition) is 0. The monoisotopic (exact) mass is 451 g/mol. The highest BCUT2D eigenvalue weighted by molar-refractivity contribution is 7.89. The van der Waals surface area contributed by atoms with Crippen LogP contribution in [0.1, 0.15) is 28.8 Å². The Labute approximate surface area is 190 Å². The molecule has 1 fully saturated rings. The molecule has 0 unspecified atom stereocenters. The fraction of sp³-hybridized carbons (Fsp3) is 0.320. The summed E-state index contributed by atoms with van der Waals surface area (Å²) in [4.78, 5) is 17.6. The molecule has 32 heavy (non-hydrogen) atoms. The molecule has 1 heterocycles. The molecule has 3 aromatic rings. The van der Waals surface area contributed by atoms with Gasteiger partial charge in [-0.25, -0.2) is 12.7 Å². The van der Waals surface area contributed by atoms with E-state index < -0.39 is 10.0 Å². The first-order chi connectivity index (χ1) is 15.3. The summed E-state index contributed by atoms with van der Waals surface area (Å²) < 4.78 is 26.6. The summed E-state index contributed by atoms with van der Waals surface area (Å²) in [5, 5.41) is 2.24. The van der Waals surface area contributed by atoms with Crippen LogP contribution in [0.4, 0.5) is 5.69 Å². The summed E-state index contributed by atoms with van der Waals surface area (Å²) in [7, 11) is 1.12. The second kappa shape index (κ2) is 8.92. The van der Waals surface area contributed by atoms with Gasteiger partial charge in [0.05, 0.1) is 10.5 Å². The van der Waals surface area contributed by atoms with Gasteiger partial charge in [-0.3, -0.25) is 4.79 Å². The van der Waals surface area contributed by atoms with Crippen molar-refractivity contribution in [3.8, 4) is 0 Å². The van der Waals surface area contributed by atoms with E-state index >= 15 is 0 Å². The number of rotatable bonds is 6. The molecule has 4 rings (SSSR count). The Morgan fingerprint density at radius 2 is 1.62 bits per heavy atom. The first-order valence-electron chi connectivity index (χ1n) is 10.8. The van der Waals surface area contributed by atoms with E-state index in [9.17, 15) is 13.2 Å². The largest absolute Gasteiger partial charge is 0.371 e. The average molecular weight is 452 g/mol. The van der Waals surface area contributed by atoms with Crippen LogP contribution in [0.25, 0.3) is 10.8 Å². The van der Waals surface area contributed by atoms with Crippen molar-refractivity contribution in [2.75, 3.05) is 39.1 Å². The van der Waals surface area contributed by atoms with Gasteiger partial charge in [-0.05, 0) is 47.4 Å². The lowest BCUT2D eigenvalue weighted by Gasteiger charge is -2.25. The van der Waals surface area contributed by atoms with Crippen molar-refractivity contribution in [1.82, 2.24) is 9.21 Å². The van der Waals surface area contributed by atoms with Gasteiger partial charge in [0.15, 0.2) is 0 Å². The van der Waals surface area contributed by atoms with Gasteiger partial charge in [-0.15, -0.1) is 0 Å². The molecule has 0 aromatic heterocycles. The minimum atomic E-state index is -3.64. The van der Waals surface area contributed by atoms with Crippen molar-refractivity contribution >= 4 is 32.4 Å². The normalized spacial score (nSPS) is 14.3. The highest BCUT2D eigenvalue weighted by Crippen LogP contribution is 2.30. The maximum atomic E-state index is 13.6. The molecule has 168 valence electrons. The van der Waals surface area contributed by atoms with Crippen LogP contribution in [0.3, 0.4) is 0 Å². The maximum absolute atomic E-state index is 13.6. The Kier molecular flexibility index (Phi) is 6.22. The Hall–Kier alpha value is -2.90. The summed E-state index contributed by atoms with van der Waals surface area (Å²) >= 11 is 0. The molecule has 0 spiro atoms. The molecule has 1 saturated heterocycles. The third kappa shape index (κ3) is 4.23. The van der Waals surface area contributed by atoms with Gasteiger partial charge < -0.3 is 9.80 Å². The van der Waals surface area contributed by atoms with E-state index in [1.54, 1.807) is 24.1 Å². The van der Waals surface area contributed by atoms with Gasteiger partial charge in [0.1, 0.15) is 0 Å². The molecule has 0 radical (unpaired) electrons. The van der Waals surface area contributed by atoms with E-state index in [-0.39, 0.29) is 10.8 Å². The predicted molar refractivity (Wildman–Crippen MR) is 129 cm³/mol. The second-order valence-electron chi connectivity index (χ2n) is 8.46. The van der Waals surface area contributed by atoms with Gasteiger partial charge in [-0.1, -0.05) is 42.5 Å². The fourth-order valence-electron chi connectivity index (χ4n) is 4.25. The number of hydrogen-bond acceptors (Lipinski definition) is 4. The van der Waals surface area contributed by atoms with Crippen molar-refractivity contribution in [3.63, 3.8) is 0 Å². The Balaban J connectivity index is 1.72. The molecule has 1 amide bonds. The van der Waals surface area contributed by atoms with Crippen LogP contribution in [0.5, 0.6) is 0 Å². The molecule has 1 aliphatic rings. The van der Waals surface area contributed by atoms with Gasteiger partial charge in [0, 0.05) is 46.5 Å². The van der Waals surface area contributed by atoms with E-state index in [0.717, 1.165) is 48.0 Å². The molecule has 0 aliphatic carbocycles. The highest BCUT2D eigenvalue weighted by Gasteiger charge is 2.26. The van der Waals surface area contributed by atoms with Crippen LogP contribution in [0.15, 0.2) is 65.6 Å². The smallest absolute Gasteiger partial charge is 0.256 e. The average Bonchev–Trinajstić information content (AvgIpc) is 3.33. The zero-order chi connectivity index (χ0) is 22.9. The van der Waals surface area contributed by atoms with E-state index in [1.807, 2.05) is 24.3 Å². The van der Waals surface area contributed by atoms with Gasteiger partial charge >= 0.3 is 0 Å². The Morgan fingerprint density at radius 1 is 0.938 bits per heavy atom. The van der Waals surface area contributed by atoms with E-state index in [0.29, 0.717) is 12.1 Å². The fourth-order valence-corrected chi connectivity index (χ4v) is 5.18. The van der Waals surface area contributed by atoms with Crippen LogP contribution < -0.4 is 4.90 Å². The number of sulfonamides is 1. The van der Waals surface area contributed by atoms with Crippen LogP contribution in [0.2, 0.25) is 0 Å². The minimum absolute atomic E-state index is 0.132. The Morgan fingerprint density at radius 3 is 2.34 bits per heavy atom. The zero-order valence-electron chi connectivity index (χ0n) is 18.8. The van der Waals surface area contributed by atoms with E-state index in [4.69, 9.17) is 0 Å². The number of fused-ring (bicyclic) bond motifs is 1. The SMILES string of the molecule is CN(Cc1cccc2ccccc12)C(=O)c1cc(S(=O)(=O)N(C)C)ccc1N1CCCC1. The lowest BCUT2D eigenvalue weighted by molar-refractivity contribution is 0.0786. The summed E-state index contributed by atoms with van der Waals surface area (Å²) in [6, 6.07) is 19.1. The van der Waals surface area contributed by atoms with Gasteiger partial charge in [-0.2, -0.15) is 0 Å². The number of anilines is 1. The second-order valence-corrected chi connectivity index (χ2v) is 10.6. The lowest BCUT2D eigenvalue weighted by atomic mass is 10.0. The van der Waals surface area contributed by atoms with Crippen LogP contribution in [-0.4, -0.2) is 57.8 Å². The predicted octanol–water partition coefficient (Wildman–Crippen LogP) is 3.96. The molecule has 7 heteroatoms. The number of nitrogens with zero attached hydrogens (tertiary/aromatic N) is 3. The van der Waals surface area contributed by atoms with E-state index in [1.165, 1.54) is 24.5 Å². The first-order valence-corrected chi connectivity index (χ1v) is 12.3. The minimum Gasteiger partial charge on any atom is -0.371 e. The summed E-state index contributed by atoms with van der Waals surface area (Å²) in [5.41, 5.74) is 2.28. The molecular formula is C25H29N3O3S. The van der Waals surface area contributed by atoms with Crippen molar-refractivity contribution in [1.29, 1.82) is 0 Å². The zero-order valence-corrected chi connectivity index (χ0v) is 19.6. The number of carbonyl (C=O) groups is 1. The third-order valence-electron chi connectivity index (χ3n) is 6.06. The van der Waals surface area contributed by atoms with Crippen molar-refractivity contribution in [3.05, 3.63) is 71.8 Å². The van der Waals surface area contributed by atoms with Crippen LogP contribution in [0, 0.1) is 0 Å². The third-order valence-corrected chi connectivity index (χ3v) is 7.87. The first kappa shape index (κ1) is 22.3. The number of amides is 1. The van der Waals surface area contributed by atoms with Gasteiger partial charge in [0.2, 0.25) is 10.0 Å². The van der Waals surface area contributed by atoms with Crippen molar-refractivity contribution in [2.24, 2.45) is 0 Å². The number of carbonyl (C=O) groups excluding carboxylic acids is 1. The Bertz CT molecular complexity index is 1240. The highest BCUT2D eigenvalue weighted by atomic mass is 32.2. The molecule has 6 nitrogen and oxygen atoms in total. The number of benzene rings is 3. The van der Waals surface area contributed by atoms with Crippen molar-refractivity contribution < 1.29 is 13.2 Å². The molecular weight excluding hydrogens is 422 g/mol. The van der Waals surface area contributed by atoms with Crippen molar-refractivity contribution in [2.45, 2.75) is 24.3 Å². The summed E-state index contributed by atoms with van der Waals surface area (Å²) in [6.07, 6.45) is 2.13. The standard InChI is InChI=1S/C25H29N3O3S/c1-26(2)32(30,31)21-13-14-24(28-15-6-7-16-28)23(17-21)25(29)27(3)18-20-11-8-10-19-9-4-5-12-22(19)20/h4-5,8-14,17H,6-7,15-16,18H2,1-3H3. The summed E-state index contributed by atoms with van der Waals surface area (Å²) in [6.45, 7) is 2.17. The molecule has 1 aliphatic heterocycles. The van der Waals surface area contributed by atoms with E-state index in [2.05, 4.69) is 23.1 Å². The topological polar surface area (TPSA) is 60.9 Å². The molecule has 0 atom stereocenters.